The first-order valence-corrected chi connectivity index (χ1v) is 19.3. The first-order valence-electron chi connectivity index (χ1n) is 19.3. The number of rotatable bonds is 15. The third kappa shape index (κ3) is 7.26. The summed E-state index contributed by atoms with van der Waals surface area (Å²) >= 11 is 0. The predicted octanol–water partition coefficient (Wildman–Crippen LogP) is 11.7. The molecule has 4 heteroatoms. The molecule has 1 aliphatic carbocycles. The maximum Gasteiger partial charge on any atom is 0.206 e. The van der Waals surface area contributed by atoms with Crippen molar-refractivity contribution in [3.05, 3.63) is 44.7 Å². The van der Waals surface area contributed by atoms with Crippen LogP contribution in [0.3, 0.4) is 0 Å². The molecule has 46 heavy (non-hydrogen) atoms. The fourth-order valence-corrected chi connectivity index (χ4v) is 8.60. The van der Waals surface area contributed by atoms with Gasteiger partial charge in [0.1, 0.15) is 22.9 Å². The monoisotopic (exact) mass is 632 g/mol. The standard InChI is InChI=1S/C42H64O4/c1-8-9-10-11-12-13-14-15-16-17-18-19-20-21-26-41(7)27-24-34-35-25-28-42(46-38(35)31(4)30(3)37(34)45-41)36-23-22-29(2)44-39(36)32(5)33(6)40(42)43/h29H,8-28H2,1-7H3. The van der Waals surface area contributed by atoms with Gasteiger partial charge in [-0.2, -0.15) is 0 Å². The molecular formula is C42H64O4. The van der Waals surface area contributed by atoms with Crippen molar-refractivity contribution in [3.8, 4) is 11.5 Å². The highest BCUT2D eigenvalue weighted by Crippen LogP contribution is 2.53. The Kier molecular flexibility index (Phi) is 11.7. The van der Waals surface area contributed by atoms with E-state index in [1.165, 1.54) is 107 Å². The molecule has 0 saturated carbocycles. The molecule has 4 nitrogen and oxygen atoms in total. The van der Waals surface area contributed by atoms with Crippen LogP contribution in [0.4, 0.5) is 0 Å². The Morgan fingerprint density at radius 2 is 1.20 bits per heavy atom. The second-order valence-corrected chi connectivity index (χ2v) is 15.5. The number of allylic oxidation sites excluding steroid dienone is 1. The van der Waals surface area contributed by atoms with Crippen LogP contribution in [-0.4, -0.2) is 23.1 Å². The minimum atomic E-state index is -0.935. The van der Waals surface area contributed by atoms with Crippen LogP contribution in [0, 0.1) is 13.8 Å². The number of Topliss-reactive ketones (excluding diaryl/α,β-unsaturated/α-hetero) is 1. The zero-order valence-corrected chi connectivity index (χ0v) is 30.6. The number of fused-ring (bicyclic) bond motifs is 4. The second kappa shape index (κ2) is 15.3. The van der Waals surface area contributed by atoms with Gasteiger partial charge in [0.25, 0.3) is 0 Å². The quantitative estimate of drug-likeness (QED) is 0.180. The van der Waals surface area contributed by atoms with Crippen LogP contribution in [0.1, 0.15) is 179 Å². The maximum atomic E-state index is 14.0. The van der Waals surface area contributed by atoms with E-state index in [1.54, 1.807) is 0 Å². The Bertz CT molecular complexity index is 1320. The first kappa shape index (κ1) is 35.1. The van der Waals surface area contributed by atoms with E-state index in [2.05, 4.69) is 34.6 Å². The summed E-state index contributed by atoms with van der Waals surface area (Å²) in [7, 11) is 0. The van der Waals surface area contributed by atoms with Crippen molar-refractivity contribution >= 4 is 5.78 Å². The summed E-state index contributed by atoms with van der Waals surface area (Å²) < 4.78 is 20.3. The van der Waals surface area contributed by atoms with Crippen molar-refractivity contribution in [1.29, 1.82) is 0 Å². The Labute approximate surface area is 281 Å². The average molecular weight is 633 g/mol. The topological polar surface area (TPSA) is 44.8 Å². The zero-order valence-electron chi connectivity index (χ0n) is 30.6. The summed E-state index contributed by atoms with van der Waals surface area (Å²) in [5.41, 5.74) is 6.67. The van der Waals surface area contributed by atoms with Crippen LogP contribution in [0.25, 0.3) is 0 Å². The summed E-state index contributed by atoms with van der Waals surface area (Å²) in [4.78, 5) is 14.0. The highest BCUT2D eigenvalue weighted by Gasteiger charge is 2.53. The largest absolute Gasteiger partial charge is 0.490 e. The molecule has 0 fully saturated rings. The number of unbranched alkanes of at least 4 members (excludes halogenated alkanes) is 13. The molecule has 3 atom stereocenters. The number of hydrogen-bond acceptors (Lipinski definition) is 4. The molecule has 5 rings (SSSR count). The lowest BCUT2D eigenvalue weighted by atomic mass is 9.70. The van der Waals surface area contributed by atoms with Gasteiger partial charge in [-0.1, -0.05) is 90.4 Å². The van der Waals surface area contributed by atoms with E-state index in [1.807, 2.05) is 13.8 Å². The van der Waals surface area contributed by atoms with E-state index in [9.17, 15) is 4.79 Å². The third-order valence-electron chi connectivity index (χ3n) is 12.0. The first-order chi connectivity index (χ1) is 22.1. The molecule has 0 aromatic heterocycles. The third-order valence-corrected chi connectivity index (χ3v) is 12.0. The minimum absolute atomic E-state index is 0.110. The van der Waals surface area contributed by atoms with Gasteiger partial charge in [-0.15, -0.1) is 0 Å². The predicted molar refractivity (Wildman–Crippen MR) is 190 cm³/mol. The van der Waals surface area contributed by atoms with Crippen molar-refractivity contribution in [2.24, 2.45) is 0 Å². The lowest BCUT2D eigenvalue weighted by Crippen LogP contribution is -2.53. The summed E-state index contributed by atoms with van der Waals surface area (Å²) in [6.07, 6.45) is 26.1. The molecule has 0 saturated heterocycles. The molecule has 1 aromatic rings. The zero-order chi connectivity index (χ0) is 32.9. The van der Waals surface area contributed by atoms with Gasteiger partial charge in [-0.25, -0.2) is 0 Å². The summed E-state index contributed by atoms with van der Waals surface area (Å²) in [6, 6.07) is 0. The van der Waals surface area contributed by atoms with Gasteiger partial charge in [-0.05, 0) is 103 Å². The highest BCUT2D eigenvalue weighted by molar-refractivity contribution is 6.07. The Balaban J connectivity index is 1.15. The maximum absolute atomic E-state index is 14.0. The van der Waals surface area contributed by atoms with Gasteiger partial charge in [0.05, 0.1) is 6.10 Å². The van der Waals surface area contributed by atoms with E-state index in [0.29, 0.717) is 6.42 Å². The van der Waals surface area contributed by atoms with Crippen molar-refractivity contribution in [3.63, 3.8) is 0 Å². The summed E-state index contributed by atoms with van der Waals surface area (Å²) in [6.45, 7) is 15.1. The number of carbonyl (C=O) groups excluding carboxylic acids is 1. The Morgan fingerprint density at radius 1 is 0.674 bits per heavy atom. The number of benzene rings is 1. The molecule has 256 valence electrons. The lowest BCUT2D eigenvalue weighted by Gasteiger charge is -2.47. The Morgan fingerprint density at radius 3 is 1.78 bits per heavy atom. The fourth-order valence-electron chi connectivity index (χ4n) is 8.60. The van der Waals surface area contributed by atoms with E-state index in [0.717, 1.165) is 78.1 Å². The summed E-state index contributed by atoms with van der Waals surface area (Å²) in [5.74, 6) is 3.05. The molecular weight excluding hydrogens is 568 g/mol. The van der Waals surface area contributed by atoms with E-state index in [4.69, 9.17) is 14.2 Å². The highest BCUT2D eigenvalue weighted by atomic mass is 16.5. The lowest BCUT2D eigenvalue weighted by molar-refractivity contribution is -0.130. The van der Waals surface area contributed by atoms with Crippen LogP contribution < -0.4 is 9.47 Å². The van der Waals surface area contributed by atoms with Gasteiger partial charge >= 0.3 is 0 Å². The van der Waals surface area contributed by atoms with Gasteiger partial charge in [0, 0.05) is 28.7 Å². The van der Waals surface area contributed by atoms with Gasteiger partial charge in [-0.3, -0.25) is 4.79 Å². The van der Waals surface area contributed by atoms with Crippen LogP contribution >= 0.6 is 0 Å². The van der Waals surface area contributed by atoms with Gasteiger partial charge < -0.3 is 14.2 Å². The normalized spacial score (nSPS) is 25.5. The number of ketones is 1. The van der Waals surface area contributed by atoms with Gasteiger partial charge in [0.15, 0.2) is 5.60 Å². The molecule has 1 aromatic carbocycles. The minimum Gasteiger partial charge on any atom is -0.490 e. The molecule has 1 spiro atoms. The molecule has 3 unspecified atom stereocenters. The van der Waals surface area contributed by atoms with E-state index < -0.39 is 5.60 Å². The summed E-state index contributed by atoms with van der Waals surface area (Å²) in [5, 5.41) is 0. The molecule has 3 heterocycles. The Hall–Kier alpha value is -2.23. The average Bonchev–Trinajstić information content (AvgIpc) is 3.05. The van der Waals surface area contributed by atoms with Crippen LogP contribution in [0.5, 0.6) is 11.5 Å². The van der Waals surface area contributed by atoms with Crippen LogP contribution in [0.15, 0.2) is 22.5 Å². The number of hydrogen-bond donors (Lipinski definition) is 0. The SMILES string of the molecule is CCCCCCCCCCCCCCCCC1(C)CCc2c3c(c(C)c(C)c2O1)OC1(CC3)C(=O)C(C)=C(C)C2=C1CCC(C)O2. The molecule has 0 N–H and O–H groups in total. The van der Waals surface area contributed by atoms with E-state index in [-0.39, 0.29) is 17.5 Å². The number of carbonyl (C=O) groups is 1. The van der Waals surface area contributed by atoms with E-state index >= 15 is 0 Å². The number of ether oxygens (including phenoxy) is 3. The van der Waals surface area contributed by atoms with Crippen molar-refractivity contribution < 1.29 is 19.0 Å². The van der Waals surface area contributed by atoms with Crippen molar-refractivity contribution in [2.45, 2.75) is 201 Å². The molecule has 0 bridgehead atoms. The van der Waals surface area contributed by atoms with Gasteiger partial charge in [0.2, 0.25) is 5.78 Å². The molecule has 3 aliphatic heterocycles. The van der Waals surface area contributed by atoms with Crippen molar-refractivity contribution in [1.82, 2.24) is 0 Å². The molecule has 0 amide bonds. The second-order valence-electron chi connectivity index (χ2n) is 15.5. The van der Waals surface area contributed by atoms with Crippen LogP contribution in [0.2, 0.25) is 0 Å². The van der Waals surface area contributed by atoms with Crippen LogP contribution in [-0.2, 0) is 22.4 Å². The smallest absolute Gasteiger partial charge is 0.206 e. The molecule has 0 radical (unpaired) electrons. The van der Waals surface area contributed by atoms with Crippen molar-refractivity contribution in [2.75, 3.05) is 0 Å². The fraction of sp³-hybridized carbons (Fsp3) is 0.738. The molecule has 4 aliphatic rings.